The summed E-state index contributed by atoms with van der Waals surface area (Å²) in [5, 5.41) is 36.4. The molecule has 1 saturated carbocycles. The van der Waals surface area contributed by atoms with E-state index >= 15 is 0 Å². The van der Waals surface area contributed by atoms with Crippen LogP contribution in [-0.4, -0.2) is 84.3 Å². The predicted octanol–water partition coefficient (Wildman–Crippen LogP) is 3.14. The van der Waals surface area contributed by atoms with Crippen molar-refractivity contribution in [2.45, 2.75) is 74.5 Å². The van der Waals surface area contributed by atoms with E-state index in [1.807, 2.05) is 0 Å². The lowest BCUT2D eigenvalue weighted by atomic mass is 9.90. The number of rotatable bonds is 7. The Morgan fingerprint density at radius 2 is 1.87 bits per heavy atom. The van der Waals surface area contributed by atoms with Gasteiger partial charge in [-0.3, -0.25) is 0 Å². The number of aliphatic hydroxyl groups is 2. The SMILES string of the molecule is CO[C@@H]1[C@@H](n2cc(-c3ccc(Cl)c(F)c3F)nn2)[C@@H](O)[C@@H](CO)O[C@@H]1Cc1cn([C@H]2CCCCC2(F)F)nn1. The molecule has 1 aromatic carbocycles. The van der Waals surface area contributed by atoms with Gasteiger partial charge in [-0.2, -0.15) is 0 Å². The van der Waals surface area contributed by atoms with E-state index in [0.717, 1.165) is 0 Å². The number of alkyl halides is 2. The topological polar surface area (TPSA) is 120 Å². The van der Waals surface area contributed by atoms with Gasteiger partial charge in [0.1, 0.15) is 36.1 Å². The summed E-state index contributed by atoms with van der Waals surface area (Å²) < 4.78 is 71.4. The third-order valence-corrected chi connectivity index (χ3v) is 7.67. The number of aromatic nitrogens is 6. The Hall–Kier alpha value is -2.65. The molecule has 15 heteroatoms. The highest BCUT2D eigenvalue weighted by atomic mass is 35.5. The van der Waals surface area contributed by atoms with Crippen LogP contribution in [0.3, 0.4) is 0 Å². The molecule has 3 aromatic rings. The maximum atomic E-state index is 14.5. The van der Waals surface area contributed by atoms with Crippen molar-refractivity contribution < 1.29 is 37.2 Å². The molecule has 2 N–H and O–H groups in total. The zero-order valence-electron chi connectivity index (χ0n) is 20.8. The van der Waals surface area contributed by atoms with E-state index in [1.54, 1.807) is 0 Å². The highest BCUT2D eigenvalue weighted by molar-refractivity contribution is 6.30. The molecule has 0 amide bonds. The van der Waals surface area contributed by atoms with Crippen LogP contribution < -0.4 is 0 Å². The molecule has 39 heavy (non-hydrogen) atoms. The van der Waals surface area contributed by atoms with Gasteiger partial charge >= 0.3 is 0 Å². The zero-order valence-corrected chi connectivity index (χ0v) is 21.6. The first-order valence-electron chi connectivity index (χ1n) is 12.5. The van der Waals surface area contributed by atoms with E-state index in [4.69, 9.17) is 21.1 Å². The Bertz CT molecular complexity index is 1310. The molecule has 212 valence electrons. The van der Waals surface area contributed by atoms with Crippen molar-refractivity contribution in [3.8, 4) is 11.3 Å². The minimum Gasteiger partial charge on any atom is -0.394 e. The summed E-state index contributed by atoms with van der Waals surface area (Å²) in [6, 6.07) is 0.375. The molecule has 1 aliphatic carbocycles. The second-order valence-electron chi connectivity index (χ2n) is 9.80. The summed E-state index contributed by atoms with van der Waals surface area (Å²) in [4.78, 5) is 0. The van der Waals surface area contributed by atoms with Crippen LogP contribution >= 0.6 is 11.6 Å². The second-order valence-corrected chi connectivity index (χ2v) is 10.2. The van der Waals surface area contributed by atoms with Crippen molar-refractivity contribution in [3.63, 3.8) is 0 Å². The number of aliphatic hydroxyl groups excluding tert-OH is 2. The highest BCUT2D eigenvalue weighted by Gasteiger charge is 2.48. The van der Waals surface area contributed by atoms with E-state index in [0.29, 0.717) is 18.5 Å². The zero-order chi connectivity index (χ0) is 27.9. The molecular formula is C24H27ClF4N6O4. The average Bonchev–Trinajstić information content (AvgIpc) is 3.57. The standard InChI is InChI=1S/C24H27ClF4N6O4/c1-38-23-16(8-12-9-34(32-30-12)18-4-2-3-7-24(18,28)29)39-17(11-36)22(37)21(23)35-10-15(31-33-35)13-5-6-14(25)20(27)19(13)26/h5-6,9-10,16-18,21-23,36-37H,2-4,7-8,11H2,1H3/t16-,17-,18+,21+,22+,23+/m1/s1. The molecular weight excluding hydrogens is 548 g/mol. The van der Waals surface area contributed by atoms with Crippen molar-refractivity contribution in [1.82, 2.24) is 30.0 Å². The number of halogens is 5. The van der Waals surface area contributed by atoms with Crippen LogP contribution in [0.15, 0.2) is 24.5 Å². The third-order valence-electron chi connectivity index (χ3n) is 7.38. The molecule has 10 nitrogen and oxygen atoms in total. The first-order chi connectivity index (χ1) is 18.6. The Labute approximate surface area is 225 Å². The molecule has 0 bridgehead atoms. The number of hydrogen-bond acceptors (Lipinski definition) is 8. The molecule has 0 unspecified atom stereocenters. The van der Waals surface area contributed by atoms with Gasteiger partial charge in [0.05, 0.1) is 29.6 Å². The van der Waals surface area contributed by atoms with Gasteiger partial charge in [0.25, 0.3) is 5.92 Å². The monoisotopic (exact) mass is 574 g/mol. The normalized spacial score (nSPS) is 29.0. The average molecular weight is 575 g/mol. The molecule has 2 aliphatic rings. The molecule has 1 aliphatic heterocycles. The summed E-state index contributed by atoms with van der Waals surface area (Å²) in [5.74, 6) is -5.33. The van der Waals surface area contributed by atoms with Gasteiger partial charge in [-0.15, -0.1) is 10.2 Å². The Morgan fingerprint density at radius 3 is 2.59 bits per heavy atom. The maximum absolute atomic E-state index is 14.5. The summed E-state index contributed by atoms with van der Waals surface area (Å²) in [7, 11) is 1.38. The van der Waals surface area contributed by atoms with Crippen molar-refractivity contribution in [2.24, 2.45) is 0 Å². The van der Waals surface area contributed by atoms with Gasteiger partial charge < -0.3 is 19.7 Å². The van der Waals surface area contributed by atoms with Gasteiger partial charge in [0, 0.05) is 31.7 Å². The molecule has 0 radical (unpaired) electrons. The van der Waals surface area contributed by atoms with Gasteiger partial charge in [-0.05, 0) is 25.0 Å². The van der Waals surface area contributed by atoms with Crippen molar-refractivity contribution in [2.75, 3.05) is 13.7 Å². The van der Waals surface area contributed by atoms with Crippen LogP contribution in [0.2, 0.25) is 5.02 Å². The van der Waals surface area contributed by atoms with Gasteiger partial charge in [-0.25, -0.2) is 26.9 Å². The minimum atomic E-state index is -2.89. The van der Waals surface area contributed by atoms with Crippen molar-refractivity contribution in [1.29, 1.82) is 0 Å². The molecule has 2 fully saturated rings. The van der Waals surface area contributed by atoms with E-state index in [1.165, 1.54) is 41.0 Å². The quantitative estimate of drug-likeness (QED) is 0.326. The lowest BCUT2D eigenvalue weighted by molar-refractivity contribution is -0.212. The fraction of sp³-hybridized carbons (Fsp3) is 0.583. The lowest BCUT2D eigenvalue weighted by Crippen LogP contribution is -2.57. The summed E-state index contributed by atoms with van der Waals surface area (Å²) in [5.41, 5.74) is 0.142. The van der Waals surface area contributed by atoms with Crippen LogP contribution in [0.1, 0.15) is 43.5 Å². The Balaban J connectivity index is 1.41. The smallest absolute Gasteiger partial charge is 0.270 e. The molecule has 0 spiro atoms. The van der Waals surface area contributed by atoms with Crippen molar-refractivity contribution in [3.05, 3.63) is 46.9 Å². The molecule has 1 saturated heterocycles. The summed E-state index contributed by atoms with van der Waals surface area (Å²) in [6.07, 6.45) is -0.0866. The number of nitrogens with zero attached hydrogens (tertiary/aromatic N) is 6. The number of benzene rings is 1. The largest absolute Gasteiger partial charge is 0.394 e. The van der Waals surface area contributed by atoms with Gasteiger partial charge in [0.2, 0.25) is 0 Å². The van der Waals surface area contributed by atoms with E-state index < -0.39 is 60.7 Å². The van der Waals surface area contributed by atoms with Crippen LogP contribution in [0.25, 0.3) is 11.3 Å². The van der Waals surface area contributed by atoms with Crippen LogP contribution in [0, 0.1) is 11.6 Å². The van der Waals surface area contributed by atoms with E-state index in [9.17, 15) is 27.8 Å². The maximum Gasteiger partial charge on any atom is 0.270 e. The highest BCUT2D eigenvalue weighted by Crippen LogP contribution is 2.41. The van der Waals surface area contributed by atoms with Crippen molar-refractivity contribution >= 4 is 11.6 Å². The number of methoxy groups -OCH3 is 1. The molecule has 2 aromatic heterocycles. The molecule has 3 heterocycles. The number of hydrogen-bond donors (Lipinski definition) is 2. The van der Waals surface area contributed by atoms with Crippen LogP contribution in [0.5, 0.6) is 0 Å². The summed E-state index contributed by atoms with van der Waals surface area (Å²) >= 11 is 5.64. The predicted molar refractivity (Wildman–Crippen MR) is 128 cm³/mol. The molecule has 5 rings (SSSR count). The Kier molecular flexibility index (Phi) is 7.93. The van der Waals surface area contributed by atoms with E-state index in [-0.39, 0.29) is 35.5 Å². The third kappa shape index (κ3) is 5.27. The number of ether oxygens (including phenoxy) is 2. The van der Waals surface area contributed by atoms with Gasteiger partial charge in [-0.1, -0.05) is 28.4 Å². The fourth-order valence-electron chi connectivity index (χ4n) is 5.37. The molecule has 6 atom stereocenters. The lowest BCUT2D eigenvalue weighted by Gasteiger charge is -2.43. The summed E-state index contributed by atoms with van der Waals surface area (Å²) in [6.45, 7) is -0.551. The Morgan fingerprint density at radius 1 is 1.10 bits per heavy atom. The second kappa shape index (κ2) is 11.1. The first-order valence-corrected chi connectivity index (χ1v) is 12.8. The van der Waals surface area contributed by atoms with E-state index in [2.05, 4.69) is 20.6 Å². The first kappa shape index (κ1) is 27.9. The van der Waals surface area contributed by atoms with Crippen LogP contribution in [-0.2, 0) is 15.9 Å². The fourth-order valence-corrected chi connectivity index (χ4v) is 5.51. The van der Waals surface area contributed by atoms with Gasteiger partial charge in [0.15, 0.2) is 11.6 Å². The minimum absolute atomic E-state index is 0.0231. The van der Waals surface area contributed by atoms with Crippen LogP contribution in [0.4, 0.5) is 17.6 Å².